The number of carbonyl (C=O) groups excluding carboxylic acids is 1. The lowest BCUT2D eigenvalue weighted by atomic mass is 10.3. The number of pyridine rings is 1. The first-order valence-corrected chi connectivity index (χ1v) is 7.17. The molecule has 7 nitrogen and oxygen atoms in total. The van der Waals surface area contributed by atoms with Crippen molar-refractivity contribution in [2.75, 3.05) is 36.5 Å². The minimum absolute atomic E-state index is 0.294. The van der Waals surface area contributed by atoms with Crippen molar-refractivity contribution in [2.45, 2.75) is 6.54 Å². The van der Waals surface area contributed by atoms with E-state index in [4.69, 9.17) is 9.15 Å². The quantitative estimate of drug-likeness (QED) is 0.901. The van der Waals surface area contributed by atoms with Crippen molar-refractivity contribution in [3.8, 4) is 0 Å². The van der Waals surface area contributed by atoms with Crippen molar-refractivity contribution in [3.05, 3.63) is 42.5 Å². The number of ether oxygens (including phenoxy) is 1. The molecule has 3 heterocycles. The molecule has 2 N–H and O–H groups in total. The minimum Gasteiger partial charge on any atom is -0.467 e. The molecule has 2 aromatic heterocycles. The molecule has 0 aromatic carbocycles. The van der Waals surface area contributed by atoms with Gasteiger partial charge in [0.1, 0.15) is 11.6 Å². The number of hydrogen-bond acceptors (Lipinski definition) is 5. The van der Waals surface area contributed by atoms with Crippen LogP contribution in [0.15, 0.2) is 41.1 Å². The monoisotopic (exact) mass is 302 g/mol. The third-order valence-corrected chi connectivity index (χ3v) is 3.34. The van der Waals surface area contributed by atoms with Crippen molar-refractivity contribution in [1.82, 2.24) is 10.3 Å². The van der Waals surface area contributed by atoms with Gasteiger partial charge in [0.15, 0.2) is 0 Å². The van der Waals surface area contributed by atoms with Crippen LogP contribution in [-0.4, -0.2) is 37.3 Å². The molecular formula is C15H18N4O3. The summed E-state index contributed by atoms with van der Waals surface area (Å²) in [4.78, 5) is 18.3. The van der Waals surface area contributed by atoms with Crippen LogP contribution >= 0.6 is 0 Å². The molecule has 2 amide bonds. The lowest BCUT2D eigenvalue weighted by molar-refractivity contribution is 0.122. The second-order valence-corrected chi connectivity index (χ2v) is 4.89. The predicted molar refractivity (Wildman–Crippen MR) is 81.8 cm³/mol. The Hall–Kier alpha value is -2.54. The Labute approximate surface area is 128 Å². The Balaban J connectivity index is 1.50. The van der Waals surface area contributed by atoms with Gasteiger partial charge in [-0.1, -0.05) is 0 Å². The third kappa shape index (κ3) is 3.76. The molecule has 22 heavy (non-hydrogen) atoms. The molecule has 1 aliphatic rings. The molecule has 0 unspecified atom stereocenters. The van der Waals surface area contributed by atoms with Gasteiger partial charge in [-0.2, -0.15) is 0 Å². The molecule has 1 aliphatic heterocycles. The molecule has 2 aromatic rings. The zero-order valence-corrected chi connectivity index (χ0v) is 12.1. The number of rotatable bonds is 4. The van der Waals surface area contributed by atoms with Gasteiger partial charge in [-0.3, -0.25) is 0 Å². The summed E-state index contributed by atoms with van der Waals surface area (Å²) < 4.78 is 10.5. The third-order valence-electron chi connectivity index (χ3n) is 3.34. The Kier molecular flexibility index (Phi) is 4.55. The largest absolute Gasteiger partial charge is 0.467 e. The zero-order chi connectivity index (χ0) is 15.2. The van der Waals surface area contributed by atoms with E-state index in [-0.39, 0.29) is 6.03 Å². The number of urea groups is 1. The molecule has 7 heteroatoms. The van der Waals surface area contributed by atoms with Gasteiger partial charge in [0, 0.05) is 13.1 Å². The molecule has 0 spiro atoms. The highest BCUT2D eigenvalue weighted by atomic mass is 16.5. The van der Waals surface area contributed by atoms with Crippen LogP contribution in [-0.2, 0) is 11.3 Å². The highest BCUT2D eigenvalue weighted by Gasteiger charge is 2.12. The molecular weight excluding hydrogens is 284 g/mol. The molecule has 116 valence electrons. The summed E-state index contributed by atoms with van der Waals surface area (Å²) in [6, 6.07) is 7.03. The van der Waals surface area contributed by atoms with E-state index in [0.29, 0.717) is 18.0 Å². The average molecular weight is 302 g/mol. The normalized spacial score (nSPS) is 14.6. The van der Waals surface area contributed by atoms with Crippen LogP contribution in [0, 0.1) is 0 Å². The van der Waals surface area contributed by atoms with Crippen LogP contribution in [0.1, 0.15) is 5.76 Å². The van der Waals surface area contributed by atoms with E-state index in [1.54, 1.807) is 24.6 Å². The Morgan fingerprint density at radius 1 is 1.27 bits per heavy atom. The molecule has 0 atom stereocenters. The van der Waals surface area contributed by atoms with E-state index >= 15 is 0 Å². The number of morpholine rings is 1. The SMILES string of the molecule is O=C(NCc1ccco1)Nc1ccc(N2CCOCC2)nc1. The summed E-state index contributed by atoms with van der Waals surface area (Å²) in [7, 11) is 0. The second-order valence-electron chi connectivity index (χ2n) is 4.89. The van der Waals surface area contributed by atoms with Crippen LogP contribution < -0.4 is 15.5 Å². The lowest BCUT2D eigenvalue weighted by Crippen LogP contribution is -2.36. The maximum atomic E-state index is 11.8. The lowest BCUT2D eigenvalue weighted by Gasteiger charge is -2.27. The van der Waals surface area contributed by atoms with Gasteiger partial charge in [0.05, 0.1) is 37.9 Å². The molecule has 0 saturated carbocycles. The number of carbonyl (C=O) groups is 1. The van der Waals surface area contributed by atoms with E-state index in [2.05, 4.69) is 20.5 Å². The topological polar surface area (TPSA) is 79.6 Å². The Bertz CT molecular complexity index is 592. The highest BCUT2D eigenvalue weighted by Crippen LogP contribution is 2.15. The number of hydrogen-bond donors (Lipinski definition) is 2. The van der Waals surface area contributed by atoms with Gasteiger partial charge in [-0.15, -0.1) is 0 Å². The second kappa shape index (κ2) is 6.95. The van der Waals surface area contributed by atoms with Crippen molar-refractivity contribution in [2.24, 2.45) is 0 Å². The summed E-state index contributed by atoms with van der Waals surface area (Å²) in [6.45, 7) is 3.46. The van der Waals surface area contributed by atoms with E-state index in [0.717, 1.165) is 32.1 Å². The van der Waals surface area contributed by atoms with Crippen molar-refractivity contribution < 1.29 is 13.9 Å². The van der Waals surface area contributed by atoms with Crippen molar-refractivity contribution >= 4 is 17.5 Å². The number of nitrogens with one attached hydrogen (secondary N) is 2. The summed E-state index contributed by atoms with van der Waals surface area (Å²) >= 11 is 0. The fraction of sp³-hybridized carbons (Fsp3) is 0.333. The Morgan fingerprint density at radius 3 is 2.82 bits per heavy atom. The summed E-state index contributed by atoms with van der Waals surface area (Å²) in [5.74, 6) is 1.60. The van der Waals surface area contributed by atoms with Gasteiger partial charge >= 0.3 is 6.03 Å². The van der Waals surface area contributed by atoms with Crippen LogP contribution in [0.25, 0.3) is 0 Å². The maximum absolute atomic E-state index is 11.8. The fourth-order valence-corrected chi connectivity index (χ4v) is 2.20. The number of anilines is 2. The van der Waals surface area contributed by atoms with Crippen molar-refractivity contribution in [1.29, 1.82) is 0 Å². The number of furan rings is 1. The predicted octanol–water partition coefficient (Wildman–Crippen LogP) is 1.83. The minimum atomic E-state index is -0.294. The first-order valence-electron chi connectivity index (χ1n) is 7.17. The molecule has 0 bridgehead atoms. The van der Waals surface area contributed by atoms with Crippen LogP contribution in [0.4, 0.5) is 16.3 Å². The fourth-order valence-electron chi connectivity index (χ4n) is 2.20. The van der Waals surface area contributed by atoms with Gasteiger partial charge in [0.25, 0.3) is 0 Å². The molecule has 0 radical (unpaired) electrons. The summed E-state index contributed by atoms with van der Waals surface area (Å²) in [5, 5.41) is 5.45. The van der Waals surface area contributed by atoms with Crippen LogP contribution in [0.3, 0.4) is 0 Å². The van der Waals surface area contributed by atoms with E-state index in [1.807, 2.05) is 12.1 Å². The van der Waals surface area contributed by atoms with Crippen LogP contribution in [0.5, 0.6) is 0 Å². The van der Waals surface area contributed by atoms with Gasteiger partial charge in [-0.05, 0) is 24.3 Å². The molecule has 0 aliphatic carbocycles. The van der Waals surface area contributed by atoms with E-state index in [1.165, 1.54) is 0 Å². The summed E-state index contributed by atoms with van der Waals surface area (Å²) in [6.07, 6.45) is 3.22. The van der Waals surface area contributed by atoms with Crippen LogP contribution in [0.2, 0.25) is 0 Å². The number of nitrogens with zero attached hydrogens (tertiary/aromatic N) is 2. The first-order chi connectivity index (χ1) is 10.8. The van der Waals surface area contributed by atoms with Gasteiger partial charge in [0.2, 0.25) is 0 Å². The molecule has 1 fully saturated rings. The Morgan fingerprint density at radius 2 is 2.14 bits per heavy atom. The summed E-state index contributed by atoms with van der Waals surface area (Å²) in [5.41, 5.74) is 0.647. The first kappa shape index (κ1) is 14.4. The molecule has 3 rings (SSSR count). The van der Waals surface area contributed by atoms with E-state index in [9.17, 15) is 4.79 Å². The van der Waals surface area contributed by atoms with Gasteiger partial charge < -0.3 is 24.7 Å². The smallest absolute Gasteiger partial charge is 0.319 e. The van der Waals surface area contributed by atoms with E-state index < -0.39 is 0 Å². The standard InChI is InChI=1S/C15H18N4O3/c20-15(17-11-13-2-1-7-22-13)18-12-3-4-14(16-10-12)19-5-8-21-9-6-19/h1-4,7,10H,5-6,8-9,11H2,(H2,17,18,20). The average Bonchev–Trinajstić information content (AvgIpc) is 3.08. The number of aromatic nitrogens is 1. The zero-order valence-electron chi connectivity index (χ0n) is 12.1. The maximum Gasteiger partial charge on any atom is 0.319 e. The van der Waals surface area contributed by atoms with Gasteiger partial charge in [-0.25, -0.2) is 9.78 Å². The molecule has 1 saturated heterocycles. The number of amides is 2. The highest BCUT2D eigenvalue weighted by molar-refractivity contribution is 5.89. The van der Waals surface area contributed by atoms with Crippen molar-refractivity contribution in [3.63, 3.8) is 0 Å².